The number of rotatable bonds is 7. The van der Waals surface area contributed by atoms with Gasteiger partial charge >= 0.3 is 0 Å². The lowest BCUT2D eigenvalue weighted by molar-refractivity contribution is 0.241. The third-order valence-corrected chi connectivity index (χ3v) is 3.53. The summed E-state index contributed by atoms with van der Waals surface area (Å²) in [4.78, 5) is 6.66. The molecule has 1 aromatic carbocycles. The van der Waals surface area contributed by atoms with Gasteiger partial charge in [-0.15, -0.1) is 24.0 Å². The first-order valence-corrected chi connectivity index (χ1v) is 7.50. The molecular formula is C15H26ClIN4O. The van der Waals surface area contributed by atoms with Crippen molar-refractivity contribution >= 4 is 47.2 Å². The van der Waals surface area contributed by atoms with E-state index >= 15 is 0 Å². The van der Waals surface area contributed by atoms with Crippen LogP contribution in [0, 0.1) is 0 Å². The highest BCUT2D eigenvalue weighted by atomic mass is 127. The van der Waals surface area contributed by atoms with Gasteiger partial charge in [0.2, 0.25) is 0 Å². The molecule has 0 unspecified atom stereocenters. The molecule has 0 spiro atoms. The van der Waals surface area contributed by atoms with E-state index in [-0.39, 0.29) is 24.0 Å². The van der Waals surface area contributed by atoms with E-state index in [1.165, 1.54) is 0 Å². The van der Waals surface area contributed by atoms with E-state index in [0.29, 0.717) is 29.3 Å². The Balaban J connectivity index is 0.00000441. The number of likely N-dealkylation sites (N-methyl/N-ethyl adjacent to an activating group) is 1. The molecule has 0 aliphatic carbocycles. The minimum Gasteiger partial charge on any atom is -0.495 e. The molecule has 0 saturated carbocycles. The molecule has 7 heteroatoms. The van der Waals surface area contributed by atoms with Crippen molar-refractivity contribution in [3.8, 4) is 5.75 Å². The molecule has 0 radical (unpaired) electrons. The van der Waals surface area contributed by atoms with Gasteiger partial charge in [-0.2, -0.15) is 0 Å². The molecule has 126 valence electrons. The highest BCUT2D eigenvalue weighted by Gasteiger charge is 2.06. The number of nitrogens with one attached hydrogen (secondary N) is 1. The fraction of sp³-hybridized carbons (Fsp3) is 0.533. The predicted octanol–water partition coefficient (Wildman–Crippen LogP) is 3.42. The summed E-state index contributed by atoms with van der Waals surface area (Å²) in [6.07, 6.45) is 0. The molecule has 22 heavy (non-hydrogen) atoms. The van der Waals surface area contributed by atoms with Crippen molar-refractivity contribution in [2.24, 2.45) is 10.7 Å². The van der Waals surface area contributed by atoms with E-state index in [0.717, 1.165) is 18.8 Å². The average Bonchev–Trinajstić information content (AvgIpc) is 2.43. The molecular weight excluding hydrogens is 415 g/mol. The zero-order valence-corrected chi connectivity index (χ0v) is 16.7. The second-order valence-electron chi connectivity index (χ2n) is 4.96. The first-order valence-electron chi connectivity index (χ1n) is 7.12. The second-order valence-corrected chi connectivity index (χ2v) is 5.37. The van der Waals surface area contributed by atoms with Gasteiger partial charge in [0.25, 0.3) is 0 Å². The Morgan fingerprint density at radius 3 is 2.64 bits per heavy atom. The number of anilines is 1. The summed E-state index contributed by atoms with van der Waals surface area (Å²) in [5.74, 6) is 1.02. The molecule has 1 aromatic rings. The number of halogens is 2. The van der Waals surface area contributed by atoms with Gasteiger partial charge in [-0.3, -0.25) is 9.89 Å². The standard InChI is InChI=1S/C15H25ClN4O.HI/c1-5-20(11(2)3)9-8-18-15(17)19-12-6-7-14(21-4)13(16)10-12;/h6-7,10-11H,5,8-9H2,1-4H3,(H3,17,18,19);1H. The van der Waals surface area contributed by atoms with Crippen LogP contribution in [0.25, 0.3) is 0 Å². The third-order valence-electron chi connectivity index (χ3n) is 3.23. The monoisotopic (exact) mass is 440 g/mol. The minimum atomic E-state index is 0. The summed E-state index contributed by atoms with van der Waals surface area (Å²) in [7, 11) is 1.58. The SMILES string of the molecule is CCN(CCN=C(N)Nc1ccc(OC)c(Cl)c1)C(C)C.I. The van der Waals surface area contributed by atoms with Crippen LogP contribution in [0.1, 0.15) is 20.8 Å². The molecule has 0 aromatic heterocycles. The lowest BCUT2D eigenvalue weighted by atomic mass is 10.3. The van der Waals surface area contributed by atoms with E-state index < -0.39 is 0 Å². The molecule has 1 rings (SSSR count). The van der Waals surface area contributed by atoms with E-state index in [1.807, 2.05) is 6.07 Å². The summed E-state index contributed by atoms with van der Waals surface area (Å²) >= 11 is 6.06. The van der Waals surface area contributed by atoms with Crippen LogP contribution in [0.5, 0.6) is 5.75 Å². The number of nitrogens with zero attached hydrogens (tertiary/aromatic N) is 2. The molecule has 0 heterocycles. The molecule has 5 nitrogen and oxygen atoms in total. The highest BCUT2D eigenvalue weighted by Crippen LogP contribution is 2.26. The maximum atomic E-state index is 6.06. The summed E-state index contributed by atoms with van der Waals surface area (Å²) in [5, 5.41) is 3.56. The van der Waals surface area contributed by atoms with E-state index in [2.05, 4.69) is 36.0 Å². The normalized spacial score (nSPS) is 11.5. The maximum Gasteiger partial charge on any atom is 0.193 e. The summed E-state index contributed by atoms with van der Waals surface area (Å²) < 4.78 is 5.10. The predicted molar refractivity (Wildman–Crippen MR) is 106 cm³/mol. The van der Waals surface area contributed by atoms with Gasteiger partial charge in [0.1, 0.15) is 5.75 Å². The lowest BCUT2D eigenvalue weighted by Gasteiger charge is -2.23. The van der Waals surface area contributed by atoms with Crippen LogP contribution in [0.2, 0.25) is 5.02 Å². The van der Waals surface area contributed by atoms with E-state index in [4.69, 9.17) is 22.1 Å². The van der Waals surface area contributed by atoms with Gasteiger partial charge in [-0.05, 0) is 38.6 Å². The Bertz CT molecular complexity index is 483. The quantitative estimate of drug-likeness (QED) is 0.387. The lowest BCUT2D eigenvalue weighted by Crippen LogP contribution is -2.33. The Kier molecular flexibility index (Phi) is 10.5. The zero-order valence-electron chi connectivity index (χ0n) is 13.6. The van der Waals surface area contributed by atoms with Gasteiger partial charge in [-0.1, -0.05) is 18.5 Å². The van der Waals surface area contributed by atoms with Gasteiger partial charge in [0, 0.05) is 18.3 Å². The molecule has 0 saturated heterocycles. The summed E-state index contributed by atoms with van der Waals surface area (Å²) in [6.45, 7) is 9.05. The minimum absolute atomic E-state index is 0. The first kappa shape index (κ1) is 21.3. The van der Waals surface area contributed by atoms with Crippen LogP contribution >= 0.6 is 35.6 Å². The number of hydrogen-bond donors (Lipinski definition) is 2. The van der Waals surface area contributed by atoms with Crippen LogP contribution in [0.15, 0.2) is 23.2 Å². The highest BCUT2D eigenvalue weighted by molar-refractivity contribution is 14.0. The van der Waals surface area contributed by atoms with Crippen molar-refractivity contribution in [1.29, 1.82) is 0 Å². The van der Waals surface area contributed by atoms with Crippen molar-refractivity contribution in [2.45, 2.75) is 26.8 Å². The van der Waals surface area contributed by atoms with Crippen LogP contribution in [0.4, 0.5) is 5.69 Å². The number of methoxy groups -OCH3 is 1. The van der Waals surface area contributed by atoms with Gasteiger partial charge < -0.3 is 15.8 Å². The van der Waals surface area contributed by atoms with Crippen molar-refractivity contribution in [3.63, 3.8) is 0 Å². The molecule has 0 atom stereocenters. The van der Waals surface area contributed by atoms with E-state index in [9.17, 15) is 0 Å². The van der Waals surface area contributed by atoms with Crippen molar-refractivity contribution in [1.82, 2.24) is 4.90 Å². The van der Waals surface area contributed by atoms with Crippen LogP contribution in [-0.2, 0) is 0 Å². The maximum absolute atomic E-state index is 6.06. The number of aliphatic imine (C=N–C) groups is 1. The molecule has 3 N–H and O–H groups in total. The van der Waals surface area contributed by atoms with Crippen molar-refractivity contribution < 1.29 is 4.74 Å². The first-order chi connectivity index (χ1) is 9.97. The van der Waals surface area contributed by atoms with Gasteiger partial charge in [0.05, 0.1) is 18.7 Å². The van der Waals surface area contributed by atoms with Gasteiger partial charge in [0.15, 0.2) is 5.96 Å². The third kappa shape index (κ3) is 7.02. The van der Waals surface area contributed by atoms with Crippen molar-refractivity contribution in [3.05, 3.63) is 23.2 Å². The fourth-order valence-electron chi connectivity index (χ4n) is 2.01. The number of hydrogen-bond acceptors (Lipinski definition) is 3. The number of ether oxygens (including phenoxy) is 1. The second kappa shape index (κ2) is 10.9. The fourth-order valence-corrected chi connectivity index (χ4v) is 2.27. The average molecular weight is 441 g/mol. The molecule has 0 fully saturated rings. The van der Waals surface area contributed by atoms with E-state index in [1.54, 1.807) is 19.2 Å². The topological polar surface area (TPSA) is 62.9 Å². The number of nitrogens with two attached hydrogens (primary N) is 1. The Labute approximate surface area is 155 Å². The Morgan fingerprint density at radius 2 is 2.14 bits per heavy atom. The largest absolute Gasteiger partial charge is 0.495 e. The van der Waals surface area contributed by atoms with Crippen LogP contribution in [-0.4, -0.2) is 43.6 Å². The summed E-state index contributed by atoms with van der Waals surface area (Å²) in [5.41, 5.74) is 6.67. The van der Waals surface area contributed by atoms with Crippen molar-refractivity contribution in [2.75, 3.05) is 32.1 Å². The Hall–Kier alpha value is -0.730. The zero-order chi connectivity index (χ0) is 15.8. The summed E-state index contributed by atoms with van der Waals surface area (Å²) in [6, 6.07) is 5.91. The van der Waals surface area contributed by atoms with Crippen LogP contribution < -0.4 is 15.8 Å². The number of guanidine groups is 1. The molecule has 0 aliphatic heterocycles. The molecule has 0 aliphatic rings. The Morgan fingerprint density at radius 1 is 1.45 bits per heavy atom. The smallest absolute Gasteiger partial charge is 0.193 e. The van der Waals surface area contributed by atoms with Gasteiger partial charge in [-0.25, -0.2) is 0 Å². The molecule has 0 bridgehead atoms. The molecule has 0 amide bonds. The number of benzene rings is 1. The van der Waals surface area contributed by atoms with Crippen LogP contribution in [0.3, 0.4) is 0 Å².